The Balaban J connectivity index is 1.32. The number of hydrogen-bond donors (Lipinski definition) is 0. The van der Waals surface area contributed by atoms with E-state index in [0.29, 0.717) is 44.9 Å². The quantitative estimate of drug-likeness (QED) is 0.732. The molecule has 4 rings (SSSR count). The minimum Gasteiger partial charge on any atom is -0.484 e. The van der Waals surface area contributed by atoms with Crippen molar-refractivity contribution in [3.8, 4) is 5.75 Å². The average molecular weight is 429 g/mol. The van der Waals surface area contributed by atoms with Crippen molar-refractivity contribution in [2.75, 3.05) is 39.3 Å². The molecule has 0 aromatic heterocycles. The SMILES string of the molecule is O=C(COc1ccc(F)cc1)N1CCC2C(=O)N(Cc3ccc(F)cc3)CCN2CC1. The van der Waals surface area contributed by atoms with Gasteiger partial charge in [-0.3, -0.25) is 14.5 Å². The van der Waals surface area contributed by atoms with E-state index in [9.17, 15) is 18.4 Å². The summed E-state index contributed by atoms with van der Waals surface area (Å²) in [5, 5.41) is 0. The molecule has 8 heteroatoms. The van der Waals surface area contributed by atoms with E-state index >= 15 is 0 Å². The number of piperazine rings is 1. The van der Waals surface area contributed by atoms with Crippen LogP contribution in [0.25, 0.3) is 0 Å². The fraction of sp³-hybridized carbons (Fsp3) is 0.391. The number of amides is 2. The molecule has 2 aliphatic heterocycles. The molecule has 164 valence electrons. The van der Waals surface area contributed by atoms with E-state index in [0.717, 1.165) is 12.1 Å². The van der Waals surface area contributed by atoms with Crippen molar-refractivity contribution in [3.63, 3.8) is 0 Å². The Labute approximate surface area is 180 Å². The van der Waals surface area contributed by atoms with E-state index in [2.05, 4.69) is 4.90 Å². The lowest BCUT2D eigenvalue weighted by atomic mass is 10.1. The maximum Gasteiger partial charge on any atom is 0.260 e. The van der Waals surface area contributed by atoms with Gasteiger partial charge in [0, 0.05) is 39.3 Å². The maximum atomic E-state index is 13.1. The van der Waals surface area contributed by atoms with E-state index in [1.54, 1.807) is 17.0 Å². The fourth-order valence-corrected chi connectivity index (χ4v) is 4.08. The van der Waals surface area contributed by atoms with Gasteiger partial charge in [0.2, 0.25) is 5.91 Å². The Morgan fingerprint density at radius 2 is 1.55 bits per heavy atom. The van der Waals surface area contributed by atoms with Gasteiger partial charge in [-0.1, -0.05) is 12.1 Å². The highest BCUT2D eigenvalue weighted by Gasteiger charge is 2.37. The molecule has 0 spiro atoms. The molecule has 2 aromatic carbocycles. The predicted octanol–water partition coefficient (Wildman–Crippen LogP) is 2.29. The number of carbonyl (C=O) groups excluding carboxylic acids is 2. The van der Waals surface area contributed by atoms with Crippen molar-refractivity contribution in [2.45, 2.75) is 19.0 Å². The molecular formula is C23H25F2N3O3. The Hall–Kier alpha value is -3.00. The number of nitrogens with zero attached hydrogens (tertiary/aromatic N) is 3. The van der Waals surface area contributed by atoms with Gasteiger partial charge in [-0.15, -0.1) is 0 Å². The van der Waals surface area contributed by atoms with Crippen LogP contribution in [0.1, 0.15) is 12.0 Å². The van der Waals surface area contributed by atoms with Crippen LogP contribution < -0.4 is 4.74 Å². The van der Waals surface area contributed by atoms with Gasteiger partial charge in [0.15, 0.2) is 6.61 Å². The number of benzene rings is 2. The summed E-state index contributed by atoms with van der Waals surface area (Å²) in [6.07, 6.45) is 0.557. The minimum absolute atomic E-state index is 0.0486. The second kappa shape index (κ2) is 9.43. The first-order chi connectivity index (χ1) is 15.0. The van der Waals surface area contributed by atoms with Crippen molar-refractivity contribution in [1.29, 1.82) is 0 Å². The van der Waals surface area contributed by atoms with E-state index in [-0.39, 0.29) is 36.1 Å². The zero-order chi connectivity index (χ0) is 21.8. The van der Waals surface area contributed by atoms with Gasteiger partial charge < -0.3 is 14.5 Å². The summed E-state index contributed by atoms with van der Waals surface area (Å²) >= 11 is 0. The van der Waals surface area contributed by atoms with Crippen LogP contribution in [0, 0.1) is 11.6 Å². The predicted molar refractivity (Wildman–Crippen MR) is 110 cm³/mol. The van der Waals surface area contributed by atoms with Gasteiger partial charge in [-0.25, -0.2) is 8.78 Å². The van der Waals surface area contributed by atoms with E-state index in [1.807, 2.05) is 4.90 Å². The maximum absolute atomic E-state index is 13.1. The van der Waals surface area contributed by atoms with E-state index < -0.39 is 0 Å². The molecule has 2 heterocycles. The van der Waals surface area contributed by atoms with Gasteiger partial charge in [0.25, 0.3) is 5.91 Å². The summed E-state index contributed by atoms with van der Waals surface area (Å²) < 4.78 is 31.6. The first-order valence-corrected chi connectivity index (χ1v) is 10.4. The Kier molecular flexibility index (Phi) is 6.46. The van der Waals surface area contributed by atoms with E-state index in [1.165, 1.54) is 36.4 Å². The molecule has 0 N–H and O–H groups in total. The lowest BCUT2D eigenvalue weighted by Gasteiger charge is -2.39. The van der Waals surface area contributed by atoms with Gasteiger partial charge in [-0.05, 0) is 48.4 Å². The Bertz CT molecular complexity index is 921. The third-order valence-electron chi connectivity index (χ3n) is 5.84. The summed E-state index contributed by atoms with van der Waals surface area (Å²) in [5.74, 6) is -0.321. The highest BCUT2D eigenvalue weighted by molar-refractivity contribution is 5.83. The van der Waals surface area contributed by atoms with Crippen LogP contribution in [0.15, 0.2) is 48.5 Å². The number of rotatable bonds is 5. The standard InChI is InChI=1S/C23H25F2N3O3/c24-18-3-1-17(2-4-18)15-28-14-12-26-11-13-27(10-9-21(26)23(28)30)22(29)16-31-20-7-5-19(25)6-8-20/h1-8,21H,9-16H2. The topological polar surface area (TPSA) is 53.1 Å². The van der Waals surface area contributed by atoms with Gasteiger partial charge in [-0.2, -0.15) is 0 Å². The number of halogens is 2. The molecule has 2 saturated heterocycles. The molecule has 2 aliphatic rings. The van der Waals surface area contributed by atoms with Crippen LogP contribution in [-0.4, -0.2) is 71.9 Å². The van der Waals surface area contributed by atoms with Crippen molar-refractivity contribution in [2.24, 2.45) is 0 Å². The molecule has 1 atom stereocenters. The lowest BCUT2D eigenvalue weighted by molar-refractivity contribution is -0.142. The van der Waals surface area contributed by atoms with Crippen LogP contribution in [0.3, 0.4) is 0 Å². The molecule has 0 radical (unpaired) electrons. The average Bonchev–Trinajstić information content (AvgIpc) is 3.00. The van der Waals surface area contributed by atoms with Crippen molar-refractivity contribution in [3.05, 3.63) is 65.7 Å². The third kappa shape index (κ3) is 5.19. The molecular weight excluding hydrogens is 404 g/mol. The van der Waals surface area contributed by atoms with Crippen LogP contribution in [0.2, 0.25) is 0 Å². The zero-order valence-electron chi connectivity index (χ0n) is 17.2. The first kappa shape index (κ1) is 21.2. The number of fused-ring (bicyclic) bond motifs is 1. The zero-order valence-corrected chi connectivity index (χ0v) is 17.2. The highest BCUT2D eigenvalue weighted by Crippen LogP contribution is 2.20. The van der Waals surface area contributed by atoms with Crippen molar-refractivity contribution >= 4 is 11.8 Å². The molecule has 2 aromatic rings. The first-order valence-electron chi connectivity index (χ1n) is 10.4. The van der Waals surface area contributed by atoms with Crippen molar-refractivity contribution < 1.29 is 23.1 Å². The number of carbonyl (C=O) groups is 2. The number of hydrogen-bond acceptors (Lipinski definition) is 4. The molecule has 0 aliphatic carbocycles. The van der Waals surface area contributed by atoms with Crippen LogP contribution in [-0.2, 0) is 16.1 Å². The van der Waals surface area contributed by atoms with Crippen molar-refractivity contribution in [1.82, 2.24) is 14.7 Å². The van der Waals surface area contributed by atoms with Gasteiger partial charge >= 0.3 is 0 Å². The second-order valence-electron chi connectivity index (χ2n) is 7.85. The molecule has 31 heavy (non-hydrogen) atoms. The van der Waals surface area contributed by atoms with Crippen LogP contribution >= 0.6 is 0 Å². The smallest absolute Gasteiger partial charge is 0.260 e. The molecule has 2 fully saturated rings. The summed E-state index contributed by atoms with van der Waals surface area (Å²) in [5.41, 5.74) is 0.895. The van der Waals surface area contributed by atoms with E-state index in [4.69, 9.17) is 4.74 Å². The molecule has 6 nitrogen and oxygen atoms in total. The molecule has 0 bridgehead atoms. The minimum atomic E-state index is -0.360. The lowest BCUT2D eigenvalue weighted by Crippen LogP contribution is -2.56. The fourth-order valence-electron chi connectivity index (χ4n) is 4.08. The Morgan fingerprint density at radius 3 is 2.26 bits per heavy atom. The van der Waals surface area contributed by atoms with Gasteiger partial charge in [0.1, 0.15) is 17.4 Å². The molecule has 1 unspecified atom stereocenters. The molecule has 0 saturated carbocycles. The van der Waals surface area contributed by atoms with Crippen LogP contribution in [0.5, 0.6) is 5.75 Å². The highest BCUT2D eigenvalue weighted by atomic mass is 19.1. The third-order valence-corrected chi connectivity index (χ3v) is 5.84. The van der Waals surface area contributed by atoms with Gasteiger partial charge in [0.05, 0.1) is 6.04 Å². The number of ether oxygens (including phenoxy) is 1. The molecule has 2 amide bonds. The summed E-state index contributed by atoms with van der Waals surface area (Å²) in [6.45, 7) is 3.32. The largest absolute Gasteiger partial charge is 0.484 e. The summed E-state index contributed by atoms with van der Waals surface area (Å²) in [7, 11) is 0. The second-order valence-corrected chi connectivity index (χ2v) is 7.85. The summed E-state index contributed by atoms with van der Waals surface area (Å²) in [4.78, 5) is 31.3. The summed E-state index contributed by atoms with van der Waals surface area (Å²) in [6, 6.07) is 11.5. The Morgan fingerprint density at radius 1 is 0.903 bits per heavy atom. The normalized spacial score (nSPS) is 19.7. The monoisotopic (exact) mass is 429 g/mol. The van der Waals surface area contributed by atoms with Crippen LogP contribution in [0.4, 0.5) is 8.78 Å².